The molecule has 0 saturated carbocycles. The van der Waals surface area contributed by atoms with E-state index < -0.39 is 11.7 Å². The molecule has 6 rings (SSSR count). The standard InChI is InChI=1S/C25H21F3N6O/c1-32-21-7-5-18(12-16(21)13-29-32)30-24(35)34-19-9-10-33(14-19)22-8-6-20(31-23(22)34)15-3-2-4-17(11-15)25(26,27)28/h2-8,11-13,19H,9-10,14H2,1H3,(H,30,35)/t19-/m0/s1. The molecule has 1 saturated heterocycles. The molecule has 2 amide bonds. The first-order valence-corrected chi connectivity index (χ1v) is 11.2. The van der Waals surface area contributed by atoms with Crippen molar-refractivity contribution in [3.63, 3.8) is 0 Å². The highest BCUT2D eigenvalue weighted by Gasteiger charge is 2.40. The van der Waals surface area contributed by atoms with Crippen LogP contribution in [0.5, 0.6) is 0 Å². The Bertz CT molecular complexity index is 1460. The predicted octanol–water partition coefficient (Wildman–Crippen LogP) is 5.28. The van der Waals surface area contributed by atoms with E-state index >= 15 is 0 Å². The van der Waals surface area contributed by atoms with Crippen molar-refractivity contribution in [3.05, 3.63) is 66.4 Å². The number of hydrogen-bond acceptors (Lipinski definition) is 4. The number of rotatable bonds is 2. The van der Waals surface area contributed by atoms with Crippen molar-refractivity contribution in [2.75, 3.05) is 28.2 Å². The van der Waals surface area contributed by atoms with Gasteiger partial charge in [-0.25, -0.2) is 9.78 Å². The average molecular weight is 478 g/mol. The fourth-order valence-electron chi connectivity index (χ4n) is 4.91. The molecule has 10 heteroatoms. The molecule has 0 spiro atoms. The van der Waals surface area contributed by atoms with Gasteiger partial charge in [-0.2, -0.15) is 18.3 Å². The third kappa shape index (κ3) is 3.65. The molecule has 0 radical (unpaired) electrons. The van der Waals surface area contributed by atoms with Gasteiger partial charge in [0, 0.05) is 36.8 Å². The molecule has 1 fully saturated rings. The molecule has 4 aromatic rings. The van der Waals surface area contributed by atoms with Crippen LogP contribution in [-0.2, 0) is 13.2 Å². The molecule has 7 nitrogen and oxygen atoms in total. The summed E-state index contributed by atoms with van der Waals surface area (Å²) in [5.41, 5.74) is 2.37. The predicted molar refractivity (Wildman–Crippen MR) is 128 cm³/mol. The summed E-state index contributed by atoms with van der Waals surface area (Å²) in [5.74, 6) is 0.452. The zero-order chi connectivity index (χ0) is 24.3. The number of aryl methyl sites for hydroxylation is 1. The number of aromatic nitrogens is 3. The quantitative estimate of drug-likeness (QED) is 0.426. The Morgan fingerprint density at radius 2 is 1.97 bits per heavy atom. The summed E-state index contributed by atoms with van der Waals surface area (Å²) in [7, 11) is 1.85. The molecule has 2 aromatic carbocycles. The number of fused-ring (bicyclic) bond motifs is 5. The smallest absolute Gasteiger partial charge is 0.366 e. The van der Waals surface area contributed by atoms with Crippen molar-refractivity contribution >= 4 is 34.1 Å². The van der Waals surface area contributed by atoms with E-state index in [1.165, 1.54) is 6.07 Å². The highest BCUT2D eigenvalue weighted by Crippen LogP contribution is 2.41. The first-order chi connectivity index (χ1) is 16.8. The molecule has 0 unspecified atom stereocenters. The van der Waals surface area contributed by atoms with Crippen LogP contribution in [0.15, 0.2) is 60.8 Å². The van der Waals surface area contributed by atoms with Gasteiger partial charge in [-0.15, -0.1) is 0 Å². The van der Waals surface area contributed by atoms with Crippen LogP contribution in [0.25, 0.3) is 22.2 Å². The van der Waals surface area contributed by atoms with E-state index in [-0.39, 0.29) is 12.1 Å². The summed E-state index contributed by atoms with van der Waals surface area (Å²) < 4.78 is 41.5. The normalized spacial score (nSPS) is 17.1. The molecule has 2 aliphatic rings. The van der Waals surface area contributed by atoms with Gasteiger partial charge in [-0.3, -0.25) is 9.58 Å². The van der Waals surface area contributed by atoms with E-state index in [1.807, 2.05) is 31.3 Å². The van der Waals surface area contributed by atoms with E-state index in [1.54, 1.807) is 27.9 Å². The summed E-state index contributed by atoms with van der Waals surface area (Å²) in [6.45, 7) is 1.47. The topological polar surface area (TPSA) is 66.3 Å². The SMILES string of the molecule is Cn1ncc2cc(NC(=O)N3c4nc(-c5cccc(C(F)(F)F)c5)ccc4N4CC[C@H]3C4)ccc21. The van der Waals surface area contributed by atoms with Crippen LogP contribution in [0, 0.1) is 0 Å². The second-order valence-electron chi connectivity index (χ2n) is 8.85. The van der Waals surface area contributed by atoms with Crippen LogP contribution >= 0.6 is 0 Å². The number of benzene rings is 2. The van der Waals surface area contributed by atoms with Gasteiger partial charge >= 0.3 is 12.2 Å². The summed E-state index contributed by atoms with van der Waals surface area (Å²) in [6.07, 6.45) is -1.93. The van der Waals surface area contributed by atoms with Crippen LogP contribution in [0.4, 0.5) is 35.2 Å². The lowest BCUT2D eigenvalue weighted by atomic mass is 10.1. The summed E-state index contributed by atoms with van der Waals surface area (Å²) >= 11 is 0. The minimum Gasteiger partial charge on any atom is -0.366 e. The van der Waals surface area contributed by atoms with Gasteiger partial charge in [0.05, 0.1) is 34.7 Å². The van der Waals surface area contributed by atoms with Gasteiger partial charge in [-0.05, 0) is 48.9 Å². The van der Waals surface area contributed by atoms with Crippen LogP contribution in [-0.4, -0.2) is 39.9 Å². The largest absolute Gasteiger partial charge is 0.416 e. The fourth-order valence-corrected chi connectivity index (χ4v) is 4.91. The Morgan fingerprint density at radius 1 is 1.11 bits per heavy atom. The van der Waals surface area contributed by atoms with Gasteiger partial charge in [0.1, 0.15) is 0 Å². The number of urea groups is 1. The van der Waals surface area contributed by atoms with Gasteiger partial charge in [0.15, 0.2) is 5.82 Å². The van der Waals surface area contributed by atoms with Crippen LogP contribution in [0.1, 0.15) is 12.0 Å². The Kier molecular flexibility index (Phi) is 4.73. The highest BCUT2D eigenvalue weighted by atomic mass is 19.4. The Labute approximate surface area is 198 Å². The lowest BCUT2D eigenvalue weighted by Gasteiger charge is -2.36. The maximum absolute atomic E-state index is 13.5. The van der Waals surface area contributed by atoms with Crippen molar-refractivity contribution in [1.82, 2.24) is 14.8 Å². The van der Waals surface area contributed by atoms with E-state index in [0.29, 0.717) is 29.3 Å². The van der Waals surface area contributed by atoms with Crippen molar-refractivity contribution in [2.24, 2.45) is 7.05 Å². The monoisotopic (exact) mass is 478 g/mol. The number of nitrogens with one attached hydrogen (secondary N) is 1. The van der Waals surface area contributed by atoms with Crippen LogP contribution < -0.4 is 15.1 Å². The second kappa shape index (κ2) is 7.72. The Hall–Kier alpha value is -4.08. The zero-order valence-corrected chi connectivity index (χ0v) is 18.8. The number of hydrogen-bond donors (Lipinski definition) is 1. The molecule has 4 heterocycles. The lowest BCUT2D eigenvalue weighted by molar-refractivity contribution is -0.137. The van der Waals surface area contributed by atoms with Gasteiger partial charge in [-0.1, -0.05) is 12.1 Å². The zero-order valence-electron chi connectivity index (χ0n) is 18.8. The number of pyridine rings is 1. The van der Waals surface area contributed by atoms with E-state index in [9.17, 15) is 18.0 Å². The average Bonchev–Trinajstić information content (AvgIpc) is 3.42. The fraction of sp³-hybridized carbons (Fsp3) is 0.240. The van der Waals surface area contributed by atoms with Crippen molar-refractivity contribution in [1.29, 1.82) is 0 Å². The van der Waals surface area contributed by atoms with Gasteiger partial charge in [0.25, 0.3) is 0 Å². The van der Waals surface area contributed by atoms with Gasteiger partial charge < -0.3 is 10.2 Å². The van der Waals surface area contributed by atoms with E-state index in [2.05, 4.69) is 20.3 Å². The maximum Gasteiger partial charge on any atom is 0.416 e. The summed E-state index contributed by atoms with van der Waals surface area (Å²) in [4.78, 5) is 22.0. The number of alkyl halides is 3. The van der Waals surface area contributed by atoms with Crippen molar-refractivity contribution in [2.45, 2.75) is 18.6 Å². The minimum atomic E-state index is -4.45. The number of anilines is 3. The molecule has 2 aromatic heterocycles. The van der Waals surface area contributed by atoms with Crippen LogP contribution in [0.3, 0.4) is 0 Å². The molecule has 0 aliphatic carbocycles. The molecule has 2 aliphatic heterocycles. The van der Waals surface area contributed by atoms with Crippen LogP contribution in [0.2, 0.25) is 0 Å². The second-order valence-corrected chi connectivity index (χ2v) is 8.85. The Morgan fingerprint density at radius 3 is 2.80 bits per heavy atom. The van der Waals surface area contributed by atoms with Crippen molar-refractivity contribution < 1.29 is 18.0 Å². The lowest BCUT2D eigenvalue weighted by Crippen LogP contribution is -2.48. The van der Waals surface area contributed by atoms with E-state index in [4.69, 9.17) is 0 Å². The first kappa shape index (κ1) is 21.5. The molecular weight excluding hydrogens is 457 g/mol. The van der Waals surface area contributed by atoms with Gasteiger partial charge in [0.2, 0.25) is 0 Å². The Balaban J connectivity index is 1.36. The third-order valence-corrected chi connectivity index (χ3v) is 6.65. The number of carbonyl (C=O) groups excluding carboxylic acids is 1. The molecule has 1 N–H and O–H groups in total. The molecule has 2 bridgehead atoms. The third-order valence-electron chi connectivity index (χ3n) is 6.65. The summed E-state index contributed by atoms with van der Waals surface area (Å²) in [6, 6.07) is 13.8. The number of carbonyl (C=O) groups is 1. The maximum atomic E-state index is 13.5. The molecule has 35 heavy (non-hydrogen) atoms. The highest BCUT2D eigenvalue weighted by molar-refractivity contribution is 6.05. The van der Waals surface area contributed by atoms with E-state index in [0.717, 1.165) is 41.7 Å². The number of nitrogens with zero attached hydrogens (tertiary/aromatic N) is 5. The summed E-state index contributed by atoms with van der Waals surface area (Å²) in [5, 5.41) is 8.11. The molecule has 178 valence electrons. The number of amides is 2. The van der Waals surface area contributed by atoms with Crippen molar-refractivity contribution in [3.8, 4) is 11.3 Å². The number of halogens is 3. The molecular formula is C25H21F3N6O. The first-order valence-electron chi connectivity index (χ1n) is 11.2. The molecule has 1 atom stereocenters. The minimum absolute atomic E-state index is 0.0751.